The molecule has 0 aliphatic carbocycles. The molecule has 0 saturated carbocycles. The molecule has 2 unspecified atom stereocenters. The molecule has 0 bridgehead atoms. The van der Waals surface area contributed by atoms with Crippen LogP contribution in [-0.4, -0.2) is 10.2 Å². The molecule has 4 aromatic rings. The van der Waals surface area contributed by atoms with Crippen LogP contribution in [0.1, 0.15) is 47.3 Å². The van der Waals surface area contributed by atoms with Gasteiger partial charge < -0.3 is 19.7 Å². The van der Waals surface area contributed by atoms with Gasteiger partial charge in [0.15, 0.2) is 0 Å². The summed E-state index contributed by atoms with van der Waals surface area (Å²) in [5.74, 6) is -0.304. The number of phenolic OH excluding ortho intramolecular Hbond substituents is 2. The Morgan fingerprint density at radius 1 is 0.553 bits per heavy atom. The van der Waals surface area contributed by atoms with Crippen LogP contribution in [0, 0.1) is 23.3 Å². The second kappa shape index (κ2) is 10.7. The third-order valence-electron chi connectivity index (χ3n) is 6.59. The van der Waals surface area contributed by atoms with Gasteiger partial charge in [0.2, 0.25) is 0 Å². The van der Waals surface area contributed by atoms with Crippen LogP contribution in [-0.2, 0) is 12.8 Å². The topological polar surface area (TPSA) is 58.9 Å². The molecular formula is C30H24F4O4. The van der Waals surface area contributed by atoms with Gasteiger partial charge in [-0.05, 0) is 110 Å². The van der Waals surface area contributed by atoms with Gasteiger partial charge in [-0.25, -0.2) is 17.6 Å². The number of aromatic hydroxyl groups is 2. The molecule has 2 aliphatic heterocycles. The van der Waals surface area contributed by atoms with Crippen LogP contribution in [0.25, 0.3) is 0 Å². The Labute approximate surface area is 216 Å². The second-order valence-electron chi connectivity index (χ2n) is 9.21. The van der Waals surface area contributed by atoms with Gasteiger partial charge in [0.05, 0.1) is 0 Å². The summed E-state index contributed by atoms with van der Waals surface area (Å²) < 4.78 is 65.2. The fraction of sp³-hybridized carbons (Fsp3) is 0.200. The number of fused-ring (bicyclic) bond motifs is 2. The minimum absolute atomic E-state index is 0.178. The van der Waals surface area contributed by atoms with Crippen LogP contribution in [0.4, 0.5) is 17.6 Å². The number of aryl methyl sites for hydroxylation is 2. The molecule has 0 aromatic heterocycles. The molecule has 4 aromatic carbocycles. The normalized spacial score (nSPS) is 17.7. The van der Waals surface area contributed by atoms with E-state index in [0.717, 1.165) is 35.4 Å². The third-order valence-corrected chi connectivity index (χ3v) is 6.59. The zero-order valence-corrected chi connectivity index (χ0v) is 20.1. The Kier molecular flexibility index (Phi) is 7.13. The molecule has 0 amide bonds. The summed E-state index contributed by atoms with van der Waals surface area (Å²) in [6.07, 6.45) is 1.43. The van der Waals surface area contributed by atoms with E-state index in [1.54, 1.807) is 24.3 Å². The highest BCUT2D eigenvalue weighted by atomic mass is 19.1. The van der Waals surface area contributed by atoms with Crippen molar-refractivity contribution in [1.82, 2.24) is 0 Å². The van der Waals surface area contributed by atoms with Crippen molar-refractivity contribution < 1.29 is 37.2 Å². The van der Waals surface area contributed by atoms with Gasteiger partial charge in [-0.1, -0.05) is 0 Å². The lowest BCUT2D eigenvalue weighted by molar-refractivity contribution is 0.171. The lowest BCUT2D eigenvalue weighted by Crippen LogP contribution is -2.16. The van der Waals surface area contributed by atoms with Crippen molar-refractivity contribution in [2.75, 3.05) is 0 Å². The van der Waals surface area contributed by atoms with Crippen molar-refractivity contribution in [2.24, 2.45) is 0 Å². The molecule has 2 atom stereocenters. The van der Waals surface area contributed by atoms with Crippen LogP contribution >= 0.6 is 0 Å². The van der Waals surface area contributed by atoms with E-state index in [9.17, 15) is 27.8 Å². The van der Waals surface area contributed by atoms with Gasteiger partial charge in [0.25, 0.3) is 0 Å². The van der Waals surface area contributed by atoms with E-state index >= 15 is 0 Å². The molecule has 2 heterocycles. The van der Waals surface area contributed by atoms with Gasteiger partial charge in [0, 0.05) is 11.1 Å². The monoisotopic (exact) mass is 524 g/mol. The highest BCUT2D eigenvalue weighted by molar-refractivity contribution is 5.43. The van der Waals surface area contributed by atoms with E-state index < -0.39 is 35.5 Å². The van der Waals surface area contributed by atoms with Crippen molar-refractivity contribution in [3.63, 3.8) is 0 Å². The molecule has 8 heteroatoms. The molecule has 2 aliphatic rings. The van der Waals surface area contributed by atoms with Crippen molar-refractivity contribution in [1.29, 1.82) is 0 Å². The van der Waals surface area contributed by atoms with E-state index in [0.29, 0.717) is 37.2 Å². The Bertz CT molecular complexity index is 1360. The van der Waals surface area contributed by atoms with Crippen LogP contribution in [0.15, 0.2) is 72.8 Å². The summed E-state index contributed by atoms with van der Waals surface area (Å²) in [5, 5.41) is 18.8. The Balaban J connectivity index is 0.000000155. The smallest absolute Gasteiger partial charge is 0.130 e. The summed E-state index contributed by atoms with van der Waals surface area (Å²) in [6.45, 7) is 0. The number of rotatable bonds is 2. The quantitative estimate of drug-likeness (QED) is 0.267. The molecule has 0 fully saturated rings. The summed E-state index contributed by atoms with van der Waals surface area (Å²) in [5.41, 5.74) is 2.23. The Hall–Kier alpha value is -4.20. The van der Waals surface area contributed by atoms with Crippen molar-refractivity contribution >= 4 is 0 Å². The number of halogens is 4. The number of phenols is 2. The SMILES string of the molecule is Oc1ccc2c(c1)CCC(c1cc(F)ccc1F)O2.Oc1ccc2c(c1)CCC(c1cc(F)ccc1F)O2. The lowest BCUT2D eigenvalue weighted by Gasteiger charge is -2.26. The van der Waals surface area contributed by atoms with Crippen LogP contribution < -0.4 is 9.47 Å². The molecule has 2 N–H and O–H groups in total. The minimum atomic E-state index is -0.493. The maximum Gasteiger partial charge on any atom is 0.130 e. The van der Waals surface area contributed by atoms with Gasteiger partial charge in [-0.3, -0.25) is 0 Å². The zero-order valence-electron chi connectivity index (χ0n) is 20.1. The number of hydrogen-bond donors (Lipinski definition) is 2. The summed E-state index contributed by atoms with van der Waals surface area (Å²) >= 11 is 0. The molecule has 4 nitrogen and oxygen atoms in total. The van der Waals surface area contributed by atoms with E-state index in [1.165, 1.54) is 24.3 Å². The minimum Gasteiger partial charge on any atom is -0.508 e. The molecule has 0 saturated heterocycles. The average Bonchev–Trinajstić information content (AvgIpc) is 2.91. The molecular weight excluding hydrogens is 500 g/mol. The second-order valence-corrected chi connectivity index (χ2v) is 9.21. The fourth-order valence-corrected chi connectivity index (χ4v) is 4.71. The van der Waals surface area contributed by atoms with E-state index in [2.05, 4.69) is 0 Å². The first-order chi connectivity index (χ1) is 18.3. The number of hydrogen-bond acceptors (Lipinski definition) is 4. The van der Waals surface area contributed by atoms with Gasteiger partial charge in [0.1, 0.15) is 58.5 Å². The first-order valence-corrected chi connectivity index (χ1v) is 12.1. The fourth-order valence-electron chi connectivity index (χ4n) is 4.71. The molecule has 6 rings (SSSR count). The first kappa shape index (κ1) is 25.4. The van der Waals surface area contributed by atoms with Crippen LogP contribution in [0.5, 0.6) is 23.0 Å². The van der Waals surface area contributed by atoms with E-state index in [4.69, 9.17) is 9.47 Å². The van der Waals surface area contributed by atoms with Crippen LogP contribution in [0.2, 0.25) is 0 Å². The average molecular weight is 525 g/mol. The standard InChI is InChI=1S/2C15H12F2O2/c2*16-10-2-4-13(17)12(8-10)15-5-1-9-7-11(18)3-6-14(9)19-15/h2*2-4,6-8,15,18H,1,5H2. The van der Waals surface area contributed by atoms with Gasteiger partial charge in [-0.15, -0.1) is 0 Å². The highest BCUT2D eigenvalue weighted by Gasteiger charge is 2.25. The lowest BCUT2D eigenvalue weighted by atomic mass is 9.97. The summed E-state index contributed by atoms with van der Waals surface area (Å²) in [7, 11) is 0. The third kappa shape index (κ3) is 5.54. The predicted octanol–water partition coefficient (Wildman–Crippen LogP) is 7.47. The first-order valence-electron chi connectivity index (χ1n) is 12.1. The molecule has 38 heavy (non-hydrogen) atoms. The van der Waals surface area contributed by atoms with Gasteiger partial charge in [-0.2, -0.15) is 0 Å². The van der Waals surface area contributed by atoms with Crippen molar-refractivity contribution in [3.8, 4) is 23.0 Å². The zero-order chi connectivity index (χ0) is 26.8. The highest BCUT2D eigenvalue weighted by Crippen LogP contribution is 2.38. The van der Waals surface area contributed by atoms with Gasteiger partial charge >= 0.3 is 0 Å². The molecule has 196 valence electrons. The molecule has 0 spiro atoms. The van der Waals surface area contributed by atoms with Crippen molar-refractivity contribution in [2.45, 2.75) is 37.9 Å². The Morgan fingerprint density at radius 2 is 0.974 bits per heavy atom. The van der Waals surface area contributed by atoms with E-state index in [1.807, 2.05) is 0 Å². The predicted molar refractivity (Wildman–Crippen MR) is 132 cm³/mol. The Morgan fingerprint density at radius 3 is 1.39 bits per heavy atom. The number of benzene rings is 4. The van der Waals surface area contributed by atoms with Crippen LogP contribution in [0.3, 0.4) is 0 Å². The van der Waals surface area contributed by atoms with E-state index in [-0.39, 0.29) is 22.6 Å². The van der Waals surface area contributed by atoms with Crippen molar-refractivity contribution in [3.05, 3.63) is 118 Å². The summed E-state index contributed by atoms with van der Waals surface area (Å²) in [4.78, 5) is 0. The maximum absolute atomic E-state index is 13.7. The largest absolute Gasteiger partial charge is 0.508 e. The number of ether oxygens (including phenoxy) is 2. The maximum atomic E-state index is 13.7. The molecule has 0 radical (unpaired) electrons. The summed E-state index contributed by atoms with van der Waals surface area (Å²) in [6, 6.07) is 16.3.